The van der Waals surface area contributed by atoms with Crippen molar-refractivity contribution in [2.45, 2.75) is 18.9 Å². The number of rotatable bonds is 5. The van der Waals surface area contributed by atoms with Crippen molar-refractivity contribution in [3.05, 3.63) is 24.1 Å². The highest BCUT2D eigenvalue weighted by Crippen LogP contribution is 2.17. The summed E-state index contributed by atoms with van der Waals surface area (Å²) in [5, 5.41) is 8.11. The molecular formula is C11H14FN3O2S. The average Bonchev–Trinajstić information content (AvgIpc) is 2.35. The van der Waals surface area contributed by atoms with Crippen molar-refractivity contribution in [3.8, 4) is 6.07 Å². The van der Waals surface area contributed by atoms with Gasteiger partial charge in [-0.05, 0) is 19.1 Å². The van der Waals surface area contributed by atoms with Crippen LogP contribution in [0.15, 0.2) is 23.4 Å². The molecule has 0 aliphatic rings. The van der Waals surface area contributed by atoms with Crippen LogP contribution in [0.25, 0.3) is 0 Å². The van der Waals surface area contributed by atoms with Gasteiger partial charge in [0.15, 0.2) is 5.82 Å². The first kappa shape index (κ1) is 14.5. The third kappa shape index (κ3) is 3.03. The first-order chi connectivity index (χ1) is 8.43. The first-order valence-electron chi connectivity index (χ1n) is 5.43. The molecule has 1 unspecified atom stereocenters. The van der Waals surface area contributed by atoms with Gasteiger partial charge in [-0.25, -0.2) is 17.8 Å². The number of nitrogens with zero attached hydrogens (tertiary/aromatic N) is 3. The molecule has 0 aromatic carbocycles. The van der Waals surface area contributed by atoms with E-state index in [1.54, 1.807) is 13.8 Å². The molecule has 1 atom stereocenters. The van der Waals surface area contributed by atoms with Gasteiger partial charge in [-0.3, -0.25) is 0 Å². The monoisotopic (exact) mass is 271 g/mol. The Morgan fingerprint density at radius 2 is 2.28 bits per heavy atom. The van der Waals surface area contributed by atoms with Gasteiger partial charge >= 0.3 is 0 Å². The van der Waals surface area contributed by atoms with Crippen LogP contribution >= 0.6 is 0 Å². The lowest BCUT2D eigenvalue weighted by molar-refractivity contribution is 0.394. The molecule has 7 heteroatoms. The van der Waals surface area contributed by atoms with Crippen molar-refractivity contribution in [1.29, 1.82) is 5.26 Å². The highest BCUT2D eigenvalue weighted by Gasteiger charge is 2.28. The summed E-state index contributed by atoms with van der Waals surface area (Å²) in [5.41, 5.74) is 0. The van der Waals surface area contributed by atoms with Crippen LogP contribution in [-0.4, -0.2) is 30.8 Å². The van der Waals surface area contributed by atoms with Crippen LogP contribution in [0.1, 0.15) is 13.8 Å². The number of halogens is 1. The largest absolute Gasteiger partial charge is 0.263 e. The zero-order chi connectivity index (χ0) is 13.8. The maximum absolute atomic E-state index is 13.5. The number of aromatic nitrogens is 1. The van der Waals surface area contributed by atoms with E-state index in [0.29, 0.717) is 0 Å². The van der Waals surface area contributed by atoms with E-state index >= 15 is 0 Å². The van der Waals surface area contributed by atoms with Crippen LogP contribution in [0.4, 0.5) is 4.39 Å². The molecule has 18 heavy (non-hydrogen) atoms. The molecule has 0 bridgehead atoms. The van der Waals surface area contributed by atoms with Crippen molar-refractivity contribution in [2.24, 2.45) is 5.92 Å². The first-order valence-corrected chi connectivity index (χ1v) is 6.87. The zero-order valence-corrected chi connectivity index (χ0v) is 11.0. The fraction of sp³-hybridized carbons (Fsp3) is 0.455. The van der Waals surface area contributed by atoms with Crippen molar-refractivity contribution in [1.82, 2.24) is 9.29 Å². The molecule has 5 nitrogen and oxygen atoms in total. The molecule has 0 aliphatic carbocycles. The SMILES string of the molecule is CCN(CC(C)C#N)S(=O)(=O)c1ncccc1F. The van der Waals surface area contributed by atoms with E-state index in [1.807, 2.05) is 6.07 Å². The molecule has 0 spiro atoms. The maximum Gasteiger partial charge on any atom is 0.263 e. The Kier molecular flexibility index (Phi) is 4.76. The van der Waals surface area contributed by atoms with Crippen LogP contribution in [0.5, 0.6) is 0 Å². The molecule has 1 rings (SSSR count). The number of sulfonamides is 1. The summed E-state index contributed by atoms with van der Waals surface area (Å²) in [6.07, 6.45) is 1.22. The number of pyridine rings is 1. The zero-order valence-electron chi connectivity index (χ0n) is 10.2. The van der Waals surface area contributed by atoms with E-state index < -0.39 is 26.8 Å². The Morgan fingerprint density at radius 1 is 1.61 bits per heavy atom. The Hall–Kier alpha value is -1.52. The van der Waals surface area contributed by atoms with Gasteiger partial charge in [-0.2, -0.15) is 9.57 Å². The van der Waals surface area contributed by atoms with Gasteiger partial charge in [0.2, 0.25) is 5.03 Å². The molecule has 0 saturated heterocycles. The molecule has 1 heterocycles. The van der Waals surface area contributed by atoms with Crippen molar-refractivity contribution in [2.75, 3.05) is 13.1 Å². The second-order valence-electron chi connectivity index (χ2n) is 3.78. The van der Waals surface area contributed by atoms with Gasteiger partial charge < -0.3 is 0 Å². The van der Waals surface area contributed by atoms with Crippen LogP contribution in [0.2, 0.25) is 0 Å². The lowest BCUT2D eigenvalue weighted by Gasteiger charge is -2.20. The Morgan fingerprint density at radius 3 is 2.78 bits per heavy atom. The second kappa shape index (κ2) is 5.89. The van der Waals surface area contributed by atoms with Crippen LogP contribution in [0.3, 0.4) is 0 Å². The van der Waals surface area contributed by atoms with Gasteiger partial charge in [-0.1, -0.05) is 6.92 Å². The second-order valence-corrected chi connectivity index (χ2v) is 5.63. The summed E-state index contributed by atoms with van der Waals surface area (Å²) in [7, 11) is -3.99. The molecular weight excluding hydrogens is 257 g/mol. The van der Waals surface area contributed by atoms with E-state index in [2.05, 4.69) is 4.98 Å². The highest BCUT2D eigenvalue weighted by atomic mass is 32.2. The molecule has 0 amide bonds. The lowest BCUT2D eigenvalue weighted by atomic mass is 10.2. The Bertz CT molecular complexity index is 554. The van der Waals surface area contributed by atoms with Crippen molar-refractivity contribution >= 4 is 10.0 Å². The third-order valence-electron chi connectivity index (χ3n) is 2.36. The fourth-order valence-corrected chi connectivity index (χ4v) is 2.94. The number of hydrogen-bond acceptors (Lipinski definition) is 4. The van der Waals surface area contributed by atoms with Crippen molar-refractivity contribution < 1.29 is 12.8 Å². The van der Waals surface area contributed by atoms with Crippen LogP contribution < -0.4 is 0 Å². The van der Waals surface area contributed by atoms with E-state index in [-0.39, 0.29) is 13.1 Å². The lowest BCUT2D eigenvalue weighted by Crippen LogP contribution is -2.35. The predicted molar refractivity (Wildman–Crippen MR) is 63.4 cm³/mol. The van der Waals surface area contributed by atoms with Crippen LogP contribution in [0, 0.1) is 23.1 Å². The Labute approximate surface area is 106 Å². The van der Waals surface area contributed by atoms with Gasteiger partial charge in [0.05, 0.1) is 12.0 Å². The van der Waals surface area contributed by atoms with Crippen LogP contribution in [-0.2, 0) is 10.0 Å². The fourth-order valence-electron chi connectivity index (χ4n) is 1.43. The third-order valence-corrected chi connectivity index (χ3v) is 4.24. The predicted octanol–water partition coefficient (Wildman–Crippen LogP) is 1.39. The molecule has 0 N–H and O–H groups in total. The van der Waals surface area contributed by atoms with Gasteiger partial charge in [0, 0.05) is 19.3 Å². The van der Waals surface area contributed by atoms with E-state index in [9.17, 15) is 12.8 Å². The minimum atomic E-state index is -3.99. The van der Waals surface area contributed by atoms with Gasteiger partial charge in [0.1, 0.15) is 0 Å². The minimum absolute atomic E-state index is 0.0192. The van der Waals surface area contributed by atoms with E-state index in [0.717, 1.165) is 10.4 Å². The summed E-state index contributed by atoms with van der Waals surface area (Å²) in [6.45, 7) is 3.41. The number of nitriles is 1. The standard InChI is InChI=1S/C11H14FN3O2S/c1-3-15(8-9(2)7-13)18(16,17)11-10(12)5-4-6-14-11/h4-6,9H,3,8H2,1-2H3. The quantitative estimate of drug-likeness (QED) is 0.811. The molecule has 0 saturated carbocycles. The topological polar surface area (TPSA) is 74.1 Å². The summed E-state index contributed by atoms with van der Waals surface area (Å²) < 4.78 is 38.8. The van der Waals surface area contributed by atoms with E-state index in [1.165, 1.54) is 12.3 Å². The number of hydrogen-bond donors (Lipinski definition) is 0. The smallest absolute Gasteiger partial charge is 0.241 e. The molecule has 98 valence electrons. The minimum Gasteiger partial charge on any atom is -0.241 e. The Balaban J connectivity index is 3.13. The molecule has 1 aromatic rings. The molecule has 0 radical (unpaired) electrons. The van der Waals surface area contributed by atoms with Crippen molar-refractivity contribution in [3.63, 3.8) is 0 Å². The molecule has 0 fully saturated rings. The normalized spacial score (nSPS) is 13.3. The highest BCUT2D eigenvalue weighted by molar-refractivity contribution is 7.89. The van der Waals surface area contributed by atoms with Gasteiger partial charge in [-0.15, -0.1) is 0 Å². The average molecular weight is 271 g/mol. The van der Waals surface area contributed by atoms with E-state index in [4.69, 9.17) is 5.26 Å². The maximum atomic E-state index is 13.5. The summed E-state index contributed by atoms with van der Waals surface area (Å²) in [4.78, 5) is 3.56. The summed E-state index contributed by atoms with van der Waals surface area (Å²) >= 11 is 0. The summed E-state index contributed by atoms with van der Waals surface area (Å²) in [5.74, 6) is -1.35. The molecule has 0 aliphatic heterocycles. The molecule has 1 aromatic heterocycles. The van der Waals surface area contributed by atoms with Gasteiger partial charge in [0.25, 0.3) is 10.0 Å². The summed E-state index contributed by atoms with van der Waals surface area (Å²) in [6, 6.07) is 4.31.